The number of piperidine rings is 1. The molecule has 0 aromatic carbocycles. The minimum Gasteiger partial charge on any atom is -0.353 e. The highest BCUT2D eigenvalue weighted by atomic mass is 32.2. The molecule has 12 heteroatoms. The molecule has 0 aliphatic carbocycles. The molecular weight excluding hydrogens is 428 g/mol. The first-order valence-electron chi connectivity index (χ1n) is 9.89. The highest BCUT2D eigenvalue weighted by Crippen LogP contribution is 2.29. The van der Waals surface area contributed by atoms with E-state index in [-0.39, 0.29) is 17.7 Å². The number of halogens is 2. The molecule has 3 aromatic heterocycles. The van der Waals surface area contributed by atoms with Crippen molar-refractivity contribution in [3.05, 3.63) is 36.4 Å². The third-order valence-corrected chi connectivity index (χ3v) is 6.26. The van der Waals surface area contributed by atoms with Gasteiger partial charge in [0, 0.05) is 25.2 Å². The van der Waals surface area contributed by atoms with Crippen molar-refractivity contribution in [1.82, 2.24) is 29.3 Å². The molecule has 0 unspecified atom stereocenters. The minimum atomic E-state index is -3.26. The molecule has 2 atom stereocenters. The summed E-state index contributed by atoms with van der Waals surface area (Å²) in [6.45, 7) is 3.18. The largest absolute Gasteiger partial charge is 0.353 e. The van der Waals surface area contributed by atoms with Crippen molar-refractivity contribution in [1.29, 1.82) is 0 Å². The Hall–Kier alpha value is -2.73. The van der Waals surface area contributed by atoms with Gasteiger partial charge in [-0.3, -0.25) is 0 Å². The summed E-state index contributed by atoms with van der Waals surface area (Å²) in [5.41, 5.74) is 1.10. The number of nitrogens with one attached hydrogen (secondary N) is 1. The van der Waals surface area contributed by atoms with E-state index in [1.165, 1.54) is 23.0 Å². The summed E-state index contributed by atoms with van der Waals surface area (Å²) in [6.07, 6.45) is 3.24. The van der Waals surface area contributed by atoms with Gasteiger partial charge in [-0.05, 0) is 37.8 Å². The summed E-state index contributed by atoms with van der Waals surface area (Å²) in [5.74, 6) is 0.814. The maximum Gasteiger partial charge on any atom is 0.282 e. The predicted molar refractivity (Wildman–Crippen MR) is 111 cm³/mol. The summed E-state index contributed by atoms with van der Waals surface area (Å²) in [6, 6.07) is 4.58. The number of hydrogen-bond donors (Lipinski definition) is 1. The third kappa shape index (κ3) is 4.64. The molecule has 1 fully saturated rings. The smallest absolute Gasteiger partial charge is 0.282 e. The van der Waals surface area contributed by atoms with Gasteiger partial charge in [0.25, 0.3) is 6.43 Å². The summed E-state index contributed by atoms with van der Waals surface area (Å²) in [4.78, 5) is 15.0. The Kier molecular flexibility index (Phi) is 5.84. The summed E-state index contributed by atoms with van der Waals surface area (Å²) in [5, 5.41) is 3.99. The Labute approximate surface area is 178 Å². The van der Waals surface area contributed by atoms with Crippen LogP contribution in [0.2, 0.25) is 0 Å². The van der Waals surface area contributed by atoms with Crippen LogP contribution in [-0.2, 0) is 10.0 Å². The molecule has 0 spiro atoms. The van der Waals surface area contributed by atoms with Crippen LogP contribution >= 0.6 is 0 Å². The normalized spacial score (nSPS) is 20.0. The number of hydrogen-bond acceptors (Lipinski definition) is 7. The van der Waals surface area contributed by atoms with Gasteiger partial charge in [0.15, 0.2) is 5.65 Å². The molecule has 0 bridgehead atoms. The second-order valence-electron chi connectivity index (χ2n) is 7.69. The van der Waals surface area contributed by atoms with E-state index >= 15 is 0 Å². The molecule has 31 heavy (non-hydrogen) atoms. The molecule has 1 N–H and O–H groups in total. The van der Waals surface area contributed by atoms with Crippen LogP contribution in [0.5, 0.6) is 0 Å². The van der Waals surface area contributed by atoms with Crippen LogP contribution in [0.25, 0.3) is 17.0 Å². The number of anilines is 1. The van der Waals surface area contributed by atoms with Gasteiger partial charge in [-0.25, -0.2) is 41.4 Å². The average Bonchev–Trinajstić information content (AvgIpc) is 3.16. The molecule has 9 nitrogen and oxygen atoms in total. The van der Waals surface area contributed by atoms with Crippen molar-refractivity contribution >= 4 is 21.5 Å². The average molecular weight is 452 g/mol. The lowest BCUT2D eigenvalue weighted by Gasteiger charge is -2.40. The quantitative estimate of drug-likeness (QED) is 0.613. The van der Waals surface area contributed by atoms with Gasteiger partial charge in [0.05, 0.1) is 18.1 Å². The van der Waals surface area contributed by atoms with Gasteiger partial charge in [-0.2, -0.15) is 5.10 Å². The van der Waals surface area contributed by atoms with E-state index < -0.39 is 16.4 Å². The van der Waals surface area contributed by atoms with E-state index in [9.17, 15) is 17.2 Å². The molecular formula is C19H23F2N7O2S. The number of rotatable bonds is 6. The molecule has 4 heterocycles. The van der Waals surface area contributed by atoms with E-state index in [4.69, 9.17) is 0 Å². The molecule has 1 aliphatic heterocycles. The monoisotopic (exact) mass is 451 g/mol. The van der Waals surface area contributed by atoms with Crippen molar-refractivity contribution in [2.24, 2.45) is 5.92 Å². The Morgan fingerprint density at radius 2 is 2.06 bits per heavy atom. The van der Waals surface area contributed by atoms with Crippen LogP contribution in [0.15, 0.2) is 30.7 Å². The van der Waals surface area contributed by atoms with Gasteiger partial charge in [-0.15, -0.1) is 0 Å². The highest BCUT2D eigenvalue weighted by Gasteiger charge is 2.29. The third-order valence-electron chi connectivity index (χ3n) is 5.57. The van der Waals surface area contributed by atoms with Gasteiger partial charge in [-0.1, -0.05) is 0 Å². The Morgan fingerprint density at radius 1 is 1.26 bits per heavy atom. The lowest BCUT2D eigenvalue weighted by molar-refractivity contribution is 0.144. The fourth-order valence-corrected chi connectivity index (χ4v) is 4.42. The first-order chi connectivity index (χ1) is 14.7. The number of alkyl halides is 2. The van der Waals surface area contributed by atoms with E-state index in [1.54, 1.807) is 12.3 Å². The van der Waals surface area contributed by atoms with E-state index in [2.05, 4.69) is 29.7 Å². The number of imidazole rings is 1. The Balaban J connectivity index is 1.63. The lowest BCUT2D eigenvalue weighted by Crippen LogP contribution is -2.47. The molecule has 1 saturated heterocycles. The fraction of sp³-hybridized carbons (Fsp3) is 0.474. The number of sulfonamides is 1. The Morgan fingerprint density at radius 3 is 2.81 bits per heavy atom. The van der Waals surface area contributed by atoms with Crippen molar-refractivity contribution in [2.45, 2.75) is 32.2 Å². The molecule has 4 rings (SSSR count). The van der Waals surface area contributed by atoms with Gasteiger partial charge in [0.1, 0.15) is 23.5 Å². The first kappa shape index (κ1) is 21.5. The van der Waals surface area contributed by atoms with Crippen LogP contribution in [0.1, 0.15) is 31.9 Å². The summed E-state index contributed by atoms with van der Waals surface area (Å²) in [7, 11) is -3.26. The van der Waals surface area contributed by atoms with Crippen molar-refractivity contribution < 1.29 is 17.2 Å². The van der Waals surface area contributed by atoms with E-state index in [0.29, 0.717) is 29.4 Å². The Bertz CT molecular complexity index is 1180. The van der Waals surface area contributed by atoms with Crippen LogP contribution in [0.4, 0.5) is 14.6 Å². The maximum absolute atomic E-state index is 13.1. The number of fused-ring (bicyclic) bond motifs is 1. The van der Waals surface area contributed by atoms with Crippen molar-refractivity contribution in [2.75, 3.05) is 24.2 Å². The zero-order valence-electron chi connectivity index (χ0n) is 17.1. The van der Waals surface area contributed by atoms with Crippen LogP contribution in [-0.4, -0.2) is 58.4 Å². The van der Waals surface area contributed by atoms with Crippen LogP contribution < -0.4 is 9.62 Å². The van der Waals surface area contributed by atoms with Crippen molar-refractivity contribution in [3.63, 3.8) is 0 Å². The molecule has 166 valence electrons. The predicted octanol–water partition coefficient (Wildman–Crippen LogP) is 2.28. The molecule has 1 aliphatic rings. The second kappa shape index (κ2) is 8.42. The minimum absolute atomic E-state index is 0.0523. The second-order valence-corrected chi connectivity index (χ2v) is 9.52. The molecule has 0 amide bonds. The summed E-state index contributed by atoms with van der Waals surface area (Å²) < 4.78 is 53.1. The fourth-order valence-electron chi connectivity index (χ4n) is 3.90. The standard InChI is InChI=1S/C19H23F2N7O2S/c1-12-13(9-25-31(2,29)30)4-3-7-27(12)18-8-15(23-11-24-18)16-10-22-17-6-5-14(19(20)21)26-28(16)17/h5-6,8,10-13,19,25H,3-4,7,9H2,1-2H3/t12-,13+/m0/s1. The molecule has 0 radical (unpaired) electrons. The number of aromatic nitrogens is 5. The maximum atomic E-state index is 13.1. The lowest BCUT2D eigenvalue weighted by atomic mass is 9.90. The van der Waals surface area contributed by atoms with Gasteiger partial charge >= 0.3 is 0 Å². The zero-order valence-corrected chi connectivity index (χ0v) is 17.9. The van der Waals surface area contributed by atoms with Gasteiger partial charge in [0.2, 0.25) is 10.0 Å². The highest BCUT2D eigenvalue weighted by molar-refractivity contribution is 7.88. The number of nitrogens with zero attached hydrogens (tertiary/aromatic N) is 6. The SMILES string of the molecule is C[C@H]1[C@@H](CNS(C)(=O)=O)CCCN1c1cc(-c2cnc3ccc(C(F)F)nn23)ncn1. The van der Waals surface area contributed by atoms with Crippen LogP contribution in [0, 0.1) is 5.92 Å². The van der Waals surface area contributed by atoms with E-state index in [0.717, 1.165) is 25.6 Å². The van der Waals surface area contributed by atoms with E-state index in [1.807, 2.05) is 6.92 Å². The first-order valence-corrected chi connectivity index (χ1v) is 11.8. The molecule has 0 saturated carbocycles. The zero-order chi connectivity index (χ0) is 22.2. The topological polar surface area (TPSA) is 105 Å². The van der Waals surface area contributed by atoms with Gasteiger partial charge < -0.3 is 4.90 Å². The van der Waals surface area contributed by atoms with Crippen molar-refractivity contribution in [3.8, 4) is 11.4 Å². The molecule has 3 aromatic rings. The summed E-state index contributed by atoms with van der Waals surface area (Å²) >= 11 is 0. The van der Waals surface area contributed by atoms with Crippen LogP contribution in [0.3, 0.4) is 0 Å².